The lowest BCUT2D eigenvalue weighted by atomic mass is 9.86. The molecule has 0 aromatic heterocycles. The molecule has 1 aliphatic heterocycles. The molecule has 0 fully saturated rings. The van der Waals surface area contributed by atoms with Gasteiger partial charge in [-0.25, -0.2) is 0 Å². The largest absolute Gasteiger partial charge is 0.389 e. The molecule has 3 heteroatoms. The van der Waals surface area contributed by atoms with Crippen LogP contribution in [-0.4, -0.2) is 7.41 Å². The molecule has 0 aliphatic carbocycles. The predicted octanol–water partition coefficient (Wildman–Crippen LogP) is 3.42. The Kier molecular flexibility index (Phi) is 2.63. The van der Waals surface area contributed by atoms with Crippen molar-refractivity contribution in [1.82, 2.24) is 0 Å². The monoisotopic (exact) mass is 239 g/mol. The highest BCUT2D eigenvalue weighted by Gasteiger charge is 2.22. The summed E-state index contributed by atoms with van der Waals surface area (Å²) in [6.07, 6.45) is 1.01. The van der Waals surface area contributed by atoms with E-state index in [-0.39, 0.29) is 0 Å². The minimum absolute atomic E-state index is 0.974. The second-order valence-electron chi connectivity index (χ2n) is 4.33. The summed E-state index contributed by atoms with van der Waals surface area (Å²) in [7, 11) is 0.974. The highest BCUT2D eigenvalue weighted by molar-refractivity contribution is 7.80. The van der Waals surface area contributed by atoms with Crippen molar-refractivity contribution in [2.75, 3.05) is 4.81 Å². The third-order valence-electron chi connectivity index (χ3n) is 3.35. The zero-order valence-electron chi connectivity index (χ0n) is 9.85. The van der Waals surface area contributed by atoms with Crippen LogP contribution < -0.4 is 4.81 Å². The Morgan fingerprint density at radius 2 is 1.82 bits per heavy atom. The van der Waals surface area contributed by atoms with E-state index in [4.69, 9.17) is 0 Å². The van der Waals surface area contributed by atoms with Gasteiger partial charge in [0.05, 0.1) is 0 Å². The van der Waals surface area contributed by atoms with Crippen molar-refractivity contribution in [2.24, 2.45) is 0 Å². The van der Waals surface area contributed by atoms with E-state index in [1.807, 2.05) is 0 Å². The summed E-state index contributed by atoms with van der Waals surface area (Å²) in [5.74, 6) is 0. The van der Waals surface area contributed by atoms with Crippen LogP contribution in [0.15, 0.2) is 47.4 Å². The van der Waals surface area contributed by atoms with Crippen LogP contribution in [0.25, 0.3) is 0 Å². The smallest absolute Gasteiger partial charge is 0.239 e. The first kappa shape index (κ1) is 10.8. The Bertz CT molecular complexity index is 568. The van der Waals surface area contributed by atoms with Gasteiger partial charge in [-0.3, -0.25) is 0 Å². The maximum atomic E-state index is 4.60. The van der Waals surface area contributed by atoms with E-state index in [0.717, 1.165) is 18.7 Å². The summed E-state index contributed by atoms with van der Waals surface area (Å²) < 4.78 is 0. The van der Waals surface area contributed by atoms with Crippen molar-refractivity contribution in [3.63, 3.8) is 0 Å². The van der Waals surface area contributed by atoms with Crippen LogP contribution in [0.1, 0.15) is 11.1 Å². The van der Waals surface area contributed by atoms with Crippen molar-refractivity contribution >= 4 is 31.4 Å². The van der Waals surface area contributed by atoms with Gasteiger partial charge in [-0.05, 0) is 23.3 Å². The van der Waals surface area contributed by atoms with Crippen LogP contribution in [0.3, 0.4) is 0 Å². The number of nitrogens with zero attached hydrogens (tertiary/aromatic N) is 1. The minimum Gasteiger partial charge on any atom is -0.389 e. The van der Waals surface area contributed by atoms with Gasteiger partial charge in [0.2, 0.25) is 7.41 Å². The van der Waals surface area contributed by atoms with Crippen molar-refractivity contribution in [3.05, 3.63) is 53.6 Å². The molecule has 0 spiro atoms. The summed E-state index contributed by atoms with van der Waals surface area (Å²) in [4.78, 5) is 3.43. The van der Waals surface area contributed by atoms with Gasteiger partial charge in [-0.1, -0.05) is 37.2 Å². The molecule has 0 saturated carbocycles. The number of hydrogen-bond donors (Lipinski definition) is 1. The van der Waals surface area contributed by atoms with E-state index in [9.17, 15) is 0 Å². The number of para-hydroxylation sites is 2. The maximum absolute atomic E-state index is 4.60. The van der Waals surface area contributed by atoms with Crippen molar-refractivity contribution in [3.8, 4) is 0 Å². The van der Waals surface area contributed by atoms with E-state index in [1.165, 1.54) is 22.5 Å². The second-order valence-corrected chi connectivity index (χ2v) is 4.82. The topological polar surface area (TPSA) is 3.24 Å². The standard InChI is InChI=1S/C14H14BNS/c1-15-16-12-7-3-2-5-10(12)9-11-6-4-8-13(17)14(11)16/h2-8,15,17H,9H2,1H3. The zero-order valence-corrected chi connectivity index (χ0v) is 10.7. The minimum atomic E-state index is 0.974. The van der Waals surface area contributed by atoms with Crippen molar-refractivity contribution in [1.29, 1.82) is 0 Å². The number of thiol groups is 1. The third-order valence-corrected chi connectivity index (χ3v) is 3.71. The fourth-order valence-electron chi connectivity index (χ4n) is 2.61. The van der Waals surface area contributed by atoms with E-state index in [0.29, 0.717) is 0 Å². The van der Waals surface area contributed by atoms with Crippen LogP contribution in [-0.2, 0) is 6.42 Å². The quantitative estimate of drug-likeness (QED) is 0.589. The van der Waals surface area contributed by atoms with Crippen LogP contribution >= 0.6 is 12.6 Å². The highest BCUT2D eigenvalue weighted by Crippen LogP contribution is 2.40. The molecule has 2 aromatic rings. The van der Waals surface area contributed by atoms with Gasteiger partial charge in [0.1, 0.15) is 0 Å². The molecule has 0 saturated heterocycles. The predicted molar refractivity (Wildman–Crippen MR) is 78.1 cm³/mol. The molecule has 1 aliphatic rings. The van der Waals surface area contributed by atoms with Gasteiger partial charge >= 0.3 is 0 Å². The Labute approximate surface area is 108 Å². The number of rotatable bonds is 1. The fraction of sp³-hybridized carbons (Fsp3) is 0.143. The number of hydrogen-bond acceptors (Lipinski definition) is 2. The summed E-state index contributed by atoms with van der Waals surface area (Å²) >= 11 is 4.60. The molecule has 1 nitrogen and oxygen atoms in total. The highest BCUT2D eigenvalue weighted by atomic mass is 32.1. The lowest BCUT2D eigenvalue weighted by molar-refractivity contribution is 1.09. The van der Waals surface area contributed by atoms with E-state index in [2.05, 4.69) is 66.7 Å². The Balaban J connectivity index is 2.23. The van der Waals surface area contributed by atoms with Gasteiger partial charge < -0.3 is 4.81 Å². The Morgan fingerprint density at radius 1 is 1.06 bits per heavy atom. The first-order chi connectivity index (χ1) is 8.31. The molecule has 0 radical (unpaired) electrons. The van der Waals surface area contributed by atoms with Gasteiger partial charge in [0.25, 0.3) is 0 Å². The molecule has 0 unspecified atom stereocenters. The SMILES string of the molecule is CBN1c2ccccc2Cc2cccc(S)c21. The second kappa shape index (κ2) is 4.15. The average Bonchev–Trinajstić information content (AvgIpc) is 2.36. The molecule has 0 N–H and O–H groups in total. The zero-order chi connectivity index (χ0) is 11.8. The summed E-state index contributed by atoms with van der Waals surface area (Å²) in [6, 6.07) is 15.0. The molecular formula is C14H14BNS. The Morgan fingerprint density at radius 3 is 2.65 bits per heavy atom. The van der Waals surface area contributed by atoms with Gasteiger partial charge in [0, 0.05) is 22.7 Å². The summed E-state index contributed by atoms with van der Waals surface area (Å²) in [5.41, 5.74) is 5.37. The Hall–Kier alpha value is -1.35. The molecule has 0 bridgehead atoms. The number of benzene rings is 2. The molecule has 1 heterocycles. The molecule has 2 aromatic carbocycles. The maximum Gasteiger partial charge on any atom is 0.239 e. The van der Waals surface area contributed by atoms with Gasteiger partial charge in [-0.2, -0.15) is 0 Å². The van der Waals surface area contributed by atoms with Gasteiger partial charge in [-0.15, -0.1) is 12.6 Å². The number of fused-ring (bicyclic) bond motifs is 2. The van der Waals surface area contributed by atoms with E-state index < -0.39 is 0 Å². The molecule has 0 amide bonds. The van der Waals surface area contributed by atoms with Crippen molar-refractivity contribution < 1.29 is 0 Å². The molecule has 3 rings (SSSR count). The third kappa shape index (κ3) is 1.66. The van der Waals surface area contributed by atoms with Crippen LogP contribution in [0.2, 0.25) is 6.82 Å². The molecule has 0 atom stereocenters. The molecule has 17 heavy (non-hydrogen) atoms. The first-order valence-electron chi connectivity index (χ1n) is 5.97. The first-order valence-corrected chi connectivity index (χ1v) is 6.42. The molecular weight excluding hydrogens is 225 g/mol. The van der Waals surface area contributed by atoms with Gasteiger partial charge in [0.15, 0.2) is 0 Å². The van der Waals surface area contributed by atoms with E-state index >= 15 is 0 Å². The summed E-state index contributed by atoms with van der Waals surface area (Å²) in [6.45, 7) is 2.19. The molecule has 84 valence electrons. The van der Waals surface area contributed by atoms with Crippen LogP contribution in [0.5, 0.6) is 0 Å². The van der Waals surface area contributed by atoms with Crippen molar-refractivity contribution in [2.45, 2.75) is 18.1 Å². The average molecular weight is 239 g/mol. The van der Waals surface area contributed by atoms with E-state index in [1.54, 1.807) is 0 Å². The number of anilines is 2. The lowest BCUT2D eigenvalue weighted by Crippen LogP contribution is -2.25. The fourth-order valence-corrected chi connectivity index (χ4v) is 2.96. The lowest BCUT2D eigenvalue weighted by Gasteiger charge is -2.33. The normalized spacial score (nSPS) is 12.9. The van der Waals surface area contributed by atoms with Crippen LogP contribution in [0.4, 0.5) is 11.4 Å². The summed E-state index contributed by atoms with van der Waals surface area (Å²) in [5, 5.41) is 0. The van der Waals surface area contributed by atoms with Crippen LogP contribution in [0, 0.1) is 0 Å².